The lowest BCUT2D eigenvalue weighted by Crippen LogP contribution is -2.45. The number of rotatable bonds is 4. The Morgan fingerprint density at radius 2 is 1.65 bits per heavy atom. The minimum Gasteiger partial charge on any atom is -0.353 e. The Labute approximate surface area is 187 Å². The van der Waals surface area contributed by atoms with Crippen molar-refractivity contribution in [2.24, 2.45) is 0 Å². The number of benzene rings is 1. The first-order valence-corrected chi connectivity index (χ1v) is 11.3. The van der Waals surface area contributed by atoms with E-state index in [-0.39, 0.29) is 11.8 Å². The monoisotopic (exact) mass is 441 g/mol. The number of anilines is 2. The van der Waals surface area contributed by atoms with E-state index in [2.05, 4.69) is 20.5 Å². The van der Waals surface area contributed by atoms with Crippen LogP contribution in [0.3, 0.4) is 0 Å². The third-order valence-corrected chi connectivity index (χ3v) is 6.02. The molecule has 31 heavy (non-hydrogen) atoms. The zero-order valence-electron chi connectivity index (χ0n) is 17.6. The fraction of sp³-hybridized carbons (Fsp3) is 0.435. The van der Waals surface area contributed by atoms with Crippen LogP contribution in [0.15, 0.2) is 36.5 Å². The Balaban J connectivity index is 1.61. The van der Waals surface area contributed by atoms with Gasteiger partial charge in [-0.05, 0) is 43.2 Å². The van der Waals surface area contributed by atoms with Gasteiger partial charge in [-0.2, -0.15) is 0 Å². The number of pyridine rings is 1. The second kappa shape index (κ2) is 10.1. The molecule has 8 heteroatoms. The van der Waals surface area contributed by atoms with Crippen molar-refractivity contribution in [2.75, 3.05) is 49.5 Å². The van der Waals surface area contributed by atoms with Gasteiger partial charge in [0.25, 0.3) is 11.8 Å². The van der Waals surface area contributed by atoms with Crippen molar-refractivity contribution in [1.82, 2.24) is 15.2 Å². The Hall–Kier alpha value is -2.64. The van der Waals surface area contributed by atoms with E-state index in [1.54, 1.807) is 36.5 Å². The Bertz CT molecular complexity index is 920. The van der Waals surface area contributed by atoms with E-state index in [1.165, 1.54) is 0 Å². The number of hydrogen-bond donors (Lipinski definition) is 2. The molecule has 2 N–H and O–H groups in total. The molecule has 0 unspecified atom stereocenters. The van der Waals surface area contributed by atoms with Crippen LogP contribution in [0.2, 0.25) is 5.02 Å². The predicted octanol–water partition coefficient (Wildman–Crippen LogP) is 3.41. The molecular weight excluding hydrogens is 414 g/mol. The van der Waals surface area contributed by atoms with Gasteiger partial charge in [-0.3, -0.25) is 9.59 Å². The van der Waals surface area contributed by atoms with Crippen LogP contribution in [0.5, 0.6) is 0 Å². The fourth-order valence-electron chi connectivity index (χ4n) is 4.06. The topological polar surface area (TPSA) is 77.6 Å². The molecule has 0 atom stereocenters. The Morgan fingerprint density at radius 3 is 2.32 bits per heavy atom. The second-order valence-electron chi connectivity index (χ2n) is 8.00. The van der Waals surface area contributed by atoms with Crippen molar-refractivity contribution >= 4 is 34.9 Å². The molecule has 3 heterocycles. The minimum atomic E-state index is -0.262. The molecular formula is C23H28ClN5O2. The average molecular weight is 442 g/mol. The van der Waals surface area contributed by atoms with E-state index >= 15 is 0 Å². The Morgan fingerprint density at radius 1 is 0.968 bits per heavy atom. The first kappa shape index (κ1) is 21.6. The van der Waals surface area contributed by atoms with E-state index in [0.717, 1.165) is 65.0 Å². The summed E-state index contributed by atoms with van der Waals surface area (Å²) in [4.78, 5) is 34.8. The minimum absolute atomic E-state index is 0.00877. The van der Waals surface area contributed by atoms with E-state index < -0.39 is 0 Å². The van der Waals surface area contributed by atoms with E-state index in [9.17, 15) is 9.59 Å². The third-order valence-electron chi connectivity index (χ3n) is 5.77. The van der Waals surface area contributed by atoms with Crippen molar-refractivity contribution < 1.29 is 9.59 Å². The number of halogens is 1. The molecule has 2 amide bonds. The van der Waals surface area contributed by atoms with Gasteiger partial charge in [0.1, 0.15) is 5.82 Å². The summed E-state index contributed by atoms with van der Waals surface area (Å²) in [6.07, 6.45) is 5.99. The largest absolute Gasteiger partial charge is 0.353 e. The molecule has 2 saturated heterocycles. The second-order valence-corrected chi connectivity index (χ2v) is 8.44. The van der Waals surface area contributed by atoms with Gasteiger partial charge >= 0.3 is 0 Å². The number of nitrogens with one attached hydrogen (secondary N) is 2. The van der Waals surface area contributed by atoms with Gasteiger partial charge in [0, 0.05) is 49.9 Å². The maximum atomic E-state index is 13.5. The summed E-state index contributed by atoms with van der Waals surface area (Å²) >= 11 is 5.92. The molecule has 2 aliphatic rings. The molecule has 0 spiro atoms. The molecule has 0 bridgehead atoms. The Kier molecular flexibility index (Phi) is 7.04. The molecule has 1 aromatic carbocycles. The lowest BCUT2D eigenvalue weighted by atomic mass is 10.1. The van der Waals surface area contributed by atoms with Crippen molar-refractivity contribution in [2.45, 2.75) is 25.7 Å². The van der Waals surface area contributed by atoms with Crippen LogP contribution in [0.4, 0.5) is 11.5 Å². The highest BCUT2D eigenvalue weighted by molar-refractivity contribution is 6.30. The quantitative estimate of drug-likeness (QED) is 0.760. The van der Waals surface area contributed by atoms with Gasteiger partial charge in [-0.15, -0.1) is 0 Å². The van der Waals surface area contributed by atoms with Crippen molar-refractivity contribution in [3.05, 3.63) is 52.7 Å². The molecule has 1 aromatic heterocycles. The van der Waals surface area contributed by atoms with Gasteiger partial charge < -0.3 is 20.4 Å². The van der Waals surface area contributed by atoms with Crippen LogP contribution in [-0.4, -0.2) is 61.0 Å². The maximum absolute atomic E-state index is 13.5. The number of likely N-dealkylation sites (tertiary alicyclic amines) is 1. The van der Waals surface area contributed by atoms with Crippen molar-refractivity contribution in [3.63, 3.8) is 0 Å². The van der Waals surface area contributed by atoms with Crippen LogP contribution in [0.25, 0.3) is 0 Å². The molecule has 2 fully saturated rings. The zero-order chi connectivity index (χ0) is 21.6. The van der Waals surface area contributed by atoms with Gasteiger partial charge in [0.15, 0.2) is 0 Å². The summed E-state index contributed by atoms with van der Waals surface area (Å²) in [5.74, 6) is 0.423. The van der Waals surface area contributed by atoms with Crippen LogP contribution in [-0.2, 0) is 0 Å². The number of piperazine rings is 1. The van der Waals surface area contributed by atoms with Gasteiger partial charge in [-0.25, -0.2) is 4.98 Å². The summed E-state index contributed by atoms with van der Waals surface area (Å²) in [6.45, 7) is 4.83. The number of aromatic nitrogens is 1. The molecule has 164 valence electrons. The first-order chi connectivity index (χ1) is 15.1. The van der Waals surface area contributed by atoms with Gasteiger partial charge in [0.2, 0.25) is 0 Å². The normalized spacial score (nSPS) is 17.2. The average Bonchev–Trinajstić information content (AvgIpc) is 3.09. The SMILES string of the molecule is O=C(Nc1cnc(N2CCNCC2)c(C(=O)N2CCCCCC2)c1)c1ccc(Cl)cc1. The standard InChI is InChI=1S/C23H28ClN5O2/c24-18-7-5-17(6-8-18)22(30)27-19-15-20(23(31)29-11-3-1-2-4-12-29)21(26-16-19)28-13-9-25-10-14-28/h5-8,15-16,25H,1-4,9-14H2,(H,27,30). The highest BCUT2D eigenvalue weighted by atomic mass is 35.5. The number of carbonyl (C=O) groups excluding carboxylic acids is 2. The molecule has 0 aliphatic carbocycles. The third kappa shape index (κ3) is 5.35. The molecule has 4 rings (SSSR count). The maximum Gasteiger partial charge on any atom is 0.257 e. The molecule has 2 aliphatic heterocycles. The summed E-state index contributed by atoms with van der Waals surface area (Å²) in [5, 5.41) is 6.78. The summed E-state index contributed by atoms with van der Waals surface area (Å²) < 4.78 is 0. The number of amides is 2. The molecule has 2 aromatic rings. The van der Waals surface area contributed by atoms with E-state index in [4.69, 9.17) is 11.6 Å². The van der Waals surface area contributed by atoms with Crippen LogP contribution >= 0.6 is 11.6 Å². The first-order valence-electron chi connectivity index (χ1n) is 10.9. The van der Waals surface area contributed by atoms with Crippen LogP contribution in [0, 0.1) is 0 Å². The van der Waals surface area contributed by atoms with E-state index in [1.807, 2.05) is 4.90 Å². The smallest absolute Gasteiger partial charge is 0.257 e. The molecule has 7 nitrogen and oxygen atoms in total. The predicted molar refractivity (Wildman–Crippen MR) is 123 cm³/mol. The number of carbonyl (C=O) groups is 2. The highest BCUT2D eigenvalue weighted by Gasteiger charge is 2.25. The zero-order valence-corrected chi connectivity index (χ0v) is 18.3. The highest BCUT2D eigenvalue weighted by Crippen LogP contribution is 2.25. The lowest BCUT2D eigenvalue weighted by Gasteiger charge is -2.31. The fourth-order valence-corrected chi connectivity index (χ4v) is 4.19. The molecule has 0 saturated carbocycles. The summed E-state index contributed by atoms with van der Waals surface area (Å²) in [5.41, 5.74) is 1.56. The number of nitrogens with zero attached hydrogens (tertiary/aromatic N) is 3. The lowest BCUT2D eigenvalue weighted by molar-refractivity contribution is 0.0761. The number of hydrogen-bond acceptors (Lipinski definition) is 5. The van der Waals surface area contributed by atoms with Crippen molar-refractivity contribution in [3.8, 4) is 0 Å². The van der Waals surface area contributed by atoms with Crippen LogP contribution in [0.1, 0.15) is 46.4 Å². The van der Waals surface area contributed by atoms with Gasteiger partial charge in [0.05, 0.1) is 17.4 Å². The van der Waals surface area contributed by atoms with E-state index in [0.29, 0.717) is 27.7 Å². The van der Waals surface area contributed by atoms with Crippen LogP contribution < -0.4 is 15.5 Å². The molecule has 0 radical (unpaired) electrons. The summed E-state index contributed by atoms with van der Waals surface area (Å²) in [6, 6.07) is 8.46. The van der Waals surface area contributed by atoms with Crippen molar-refractivity contribution in [1.29, 1.82) is 0 Å². The van der Waals surface area contributed by atoms with Gasteiger partial charge in [-0.1, -0.05) is 24.4 Å². The summed E-state index contributed by atoms with van der Waals surface area (Å²) in [7, 11) is 0.